The zero-order valence-corrected chi connectivity index (χ0v) is 79.8. The highest BCUT2D eigenvalue weighted by atomic mass is 32.1. The number of carbonyl (C=O) groups excluding carboxylic acids is 15. The maximum absolute atomic E-state index is 14.8. The molecule has 4 aromatic heterocycles. The van der Waals surface area contributed by atoms with E-state index >= 15 is 0 Å². The molecule has 4 heterocycles. The molecule has 0 aromatic carbocycles. The van der Waals surface area contributed by atoms with E-state index in [1.807, 2.05) is 0 Å². The van der Waals surface area contributed by atoms with Crippen molar-refractivity contribution in [1.29, 1.82) is 27.0 Å². The number of hydrogen-bond donors (Lipinski definition) is 42. The molecule has 0 aliphatic heterocycles. The molecule has 62 heteroatoms. The molecule has 0 spiro atoms. The first-order chi connectivity index (χ1) is 68.1. The fourth-order valence-electron chi connectivity index (χ4n) is 13.7. The van der Waals surface area contributed by atoms with Gasteiger partial charge in [0.15, 0.2) is 29.8 Å². The molecule has 49 N–H and O–H groups in total. The number of aromatic amines is 4. The van der Waals surface area contributed by atoms with Gasteiger partial charge in [-0.05, 0) is 123 Å². The van der Waals surface area contributed by atoms with Gasteiger partial charge in [0, 0.05) is 112 Å². The van der Waals surface area contributed by atoms with E-state index in [-0.39, 0.29) is 185 Å². The van der Waals surface area contributed by atoms with Crippen LogP contribution in [-0.2, 0) is 102 Å². The number of hydrogen-bond acceptors (Lipinski definition) is 32. The molecule has 143 heavy (non-hydrogen) atoms. The summed E-state index contributed by atoms with van der Waals surface area (Å²) in [7, 11) is 0. The number of rotatable bonds is 71. The molecular weight excluding hydrogens is 1900 g/mol. The Balaban J connectivity index is 1.58. The van der Waals surface area contributed by atoms with Gasteiger partial charge in [0.2, 0.25) is 88.6 Å². The van der Waals surface area contributed by atoms with Crippen molar-refractivity contribution in [2.24, 2.45) is 45.9 Å². The van der Waals surface area contributed by atoms with Crippen molar-refractivity contribution in [2.75, 3.05) is 71.4 Å². The number of amides is 15. The van der Waals surface area contributed by atoms with Gasteiger partial charge in [-0.15, -0.1) is 0 Å². The number of nitrogens with zero attached hydrogens (tertiary/aromatic N) is 4. The molecule has 0 saturated carbocycles. The SMILES string of the molecule is C[C@H](NC(=O)[C@H](CCCCN)NC(=O)[C@H](CO)NC(=O)[C@H](CCCNC(=N)N)NC(=O)[C@H](CS)NC(=O)[C@H](Cc1cnc[nH]1)NC(=O)[C@H](Cc1cnc[nH]1)NC(=O)[C@H](CCCNC(=N)N)NC(=O)[C@H](CCCNC(=N)N)NC(=O)[C@@H](N)CO)C(=O)N[C@@H](CCCCN)C(=O)N[C@@H](CCCNC(=N)N)C(=O)N[C@@H](CO)C(=O)N[C@@H](CCCNC(=N)N)C(=O)N[C@@H](Cc1cnc[nH]1)C(=O)N[C@@H](Cc1cnc[nH]1)C(=O)O. The van der Waals surface area contributed by atoms with Crippen molar-refractivity contribution in [3.63, 3.8) is 0 Å². The Morgan fingerprint density at radius 2 is 0.510 bits per heavy atom. The van der Waals surface area contributed by atoms with E-state index in [2.05, 4.69) is 159 Å². The van der Waals surface area contributed by atoms with E-state index in [0.29, 0.717) is 17.8 Å². The number of carbonyl (C=O) groups is 16. The van der Waals surface area contributed by atoms with Gasteiger partial charge >= 0.3 is 5.97 Å². The van der Waals surface area contributed by atoms with Crippen LogP contribution in [0.2, 0.25) is 0 Å². The number of aromatic nitrogens is 8. The lowest BCUT2D eigenvalue weighted by atomic mass is 10.0. The molecule has 0 aliphatic carbocycles. The number of guanidine groups is 5. The summed E-state index contributed by atoms with van der Waals surface area (Å²) in [6.07, 6.45) is 8.78. The number of carboxylic acids is 1. The quantitative estimate of drug-likeness (QED) is 0.00845. The van der Waals surface area contributed by atoms with Crippen molar-refractivity contribution < 1.29 is 97.1 Å². The van der Waals surface area contributed by atoms with Crippen molar-refractivity contribution in [3.05, 3.63) is 72.9 Å². The lowest BCUT2D eigenvalue weighted by Gasteiger charge is -2.28. The highest BCUT2D eigenvalue weighted by Gasteiger charge is 2.40. The van der Waals surface area contributed by atoms with Crippen LogP contribution in [0.1, 0.15) is 132 Å². The third kappa shape index (κ3) is 46.6. The first kappa shape index (κ1) is 120. The van der Waals surface area contributed by atoms with Gasteiger partial charge in [-0.2, -0.15) is 12.6 Å². The maximum Gasteiger partial charge on any atom is 0.326 e. The summed E-state index contributed by atoms with van der Waals surface area (Å²) in [5.74, 6) is -19.8. The van der Waals surface area contributed by atoms with Crippen molar-refractivity contribution >= 4 is 137 Å². The largest absolute Gasteiger partial charge is 0.480 e. The summed E-state index contributed by atoms with van der Waals surface area (Å²) in [4.78, 5) is 254. The van der Waals surface area contributed by atoms with E-state index < -0.39 is 241 Å². The maximum atomic E-state index is 14.8. The Labute approximate surface area is 826 Å². The molecule has 0 fully saturated rings. The van der Waals surface area contributed by atoms with Crippen LogP contribution in [0, 0.1) is 27.0 Å². The number of imidazole rings is 4. The summed E-state index contributed by atoms with van der Waals surface area (Å²) < 4.78 is 0. The standard InChI is InChI=1S/C81H139N41O20S/c1-41(61(126)109-48(12-3-5-19-83)64(129)112-52(16-9-23-102-80(91)92)68(133)120-59(35-125)74(139)114-51(15-8-22-101-79(89)90)67(132)117-55(26-43-30-96-38-105-43)71(136)119-57(76(141)142)28-45-32-98-40-107-45)108-63(128)47(11-2-4-18-82)113-73(138)58(34-124)121-69(134)53(17-10-24-103-81(93)94)115-75(140)60(36-143)122-72(137)56(27-44-31-97-39-106-44)118-70(135)54(25-42-29-95-37-104-42)116-66(131)50(14-7-21-100-78(87)88)111-65(130)49(13-6-20-99-77(85)86)110-62(127)46(84)33-123/h29-32,37-41,46-60,123-125,143H,2-28,33-36,82-84H2,1H3,(H,95,104)(H,96,105)(H,97,106)(H,98,107)(H,108,128)(H,109,126)(H,110,127)(H,111,130)(H,112,129)(H,113,138)(H,114,139)(H,115,140)(H,116,131)(H,117,132)(H,118,135)(H,119,136)(H,120,133)(H,121,134)(H,122,137)(H,141,142)(H4,85,86,99)(H4,87,88,100)(H4,89,90,101)(H4,91,92,102)(H4,93,94,103)/t41-,46-,47-,48-,49-,50-,51-,52-,53-,54-,55-,56-,57-,58-,59-,60-/m0/s1. The average molecular weight is 2040 g/mol. The second-order valence-electron chi connectivity index (χ2n) is 32.9. The fourth-order valence-corrected chi connectivity index (χ4v) is 14.0. The molecule has 794 valence electrons. The van der Waals surface area contributed by atoms with Crippen molar-refractivity contribution in [2.45, 2.75) is 232 Å². The summed E-state index contributed by atoms with van der Waals surface area (Å²) >= 11 is 4.33. The van der Waals surface area contributed by atoms with Crippen LogP contribution in [-0.4, -0.2) is 353 Å². The first-order valence-corrected chi connectivity index (χ1v) is 46.4. The van der Waals surface area contributed by atoms with Crippen LogP contribution in [0.25, 0.3) is 0 Å². The predicted molar refractivity (Wildman–Crippen MR) is 516 cm³/mol. The second kappa shape index (κ2) is 65.7. The summed E-state index contributed by atoms with van der Waals surface area (Å²) in [5.41, 5.74) is 46.0. The zero-order valence-electron chi connectivity index (χ0n) is 79.0. The van der Waals surface area contributed by atoms with Crippen molar-refractivity contribution in [1.82, 2.24) is 146 Å². The van der Waals surface area contributed by atoms with Crippen LogP contribution in [0.4, 0.5) is 0 Å². The Morgan fingerprint density at radius 1 is 0.301 bits per heavy atom. The van der Waals surface area contributed by atoms with Gasteiger partial charge in [-0.3, -0.25) is 99.0 Å². The Hall–Kier alpha value is -15.2. The number of carboxylic acid groups (broad SMARTS) is 1. The highest BCUT2D eigenvalue weighted by Crippen LogP contribution is 2.14. The lowest BCUT2D eigenvalue weighted by Crippen LogP contribution is -2.61. The van der Waals surface area contributed by atoms with Crippen LogP contribution >= 0.6 is 12.6 Å². The van der Waals surface area contributed by atoms with E-state index in [9.17, 15) is 97.1 Å². The number of unbranched alkanes of at least 4 members (excludes halogenated alkanes) is 2. The first-order valence-electron chi connectivity index (χ1n) is 45.8. The molecule has 4 rings (SSSR count). The summed E-state index contributed by atoms with van der Waals surface area (Å²) in [6.45, 7) is -1.74. The summed E-state index contributed by atoms with van der Waals surface area (Å²) in [6, 6.07) is -25.7. The molecule has 0 saturated heterocycles. The van der Waals surface area contributed by atoms with Crippen molar-refractivity contribution in [3.8, 4) is 0 Å². The van der Waals surface area contributed by atoms with Crippen LogP contribution in [0.5, 0.6) is 0 Å². The number of thiol groups is 1. The van der Waals surface area contributed by atoms with Crippen LogP contribution in [0.3, 0.4) is 0 Å². The van der Waals surface area contributed by atoms with Gasteiger partial charge in [0.1, 0.15) is 96.7 Å². The molecule has 16 atom stereocenters. The molecule has 61 nitrogen and oxygen atoms in total. The van der Waals surface area contributed by atoms with Gasteiger partial charge in [0.25, 0.3) is 0 Å². The van der Waals surface area contributed by atoms with E-state index in [1.165, 1.54) is 57.0 Å². The van der Waals surface area contributed by atoms with Gasteiger partial charge in [-0.25, -0.2) is 24.7 Å². The predicted octanol–water partition coefficient (Wildman–Crippen LogP) is -15.0. The molecular formula is C81H139N41O20S. The van der Waals surface area contributed by atoms with Gasteiger partial charge in [0.05, 0.1) is 45.1 Å². The monoisotopic (exact) mass is 2040 g/mol. The Kier molecular flexibility index (Phi) is 55.2. The second-order valence-corrected chi connectivity index (χ2v) is 33.2. The number of aliphatic carboxylic acids is 1. The van der Waals surface area contributed by atoms with Crippen LogP contribution in [0.15, 0.2) is 50.1 Å². The highest BCUT2D eigenvalue weighted by molar-refractivity contribution is 7.80. The van der Waals surface area contributed by atoms with Crippen LogP contribution < -0.4 is 152 Å². The smallest absolute Gasteiger partial charge is 0.326 e. The minimum absolute atomic E-state index is 0.00962. The molecule has 0 unspecified atom stereocenters. The topological polar surface area (TPSA) is 1040 Å². The normalized spacial score (nSPS) is 14.3. The zero-order chi connectivity index (χ0) is 106. The molecule has 0 bridgehead atoms. The number of aliphatic hydroxyl groups is 3. The lowest BCUT2D eigenvalue weighted by molar-refractivity contribution is -0.142. The number of aliphatic hydroxyl groups excluding tert-OH is 3. The third-order valence-electron chi connectivity index (χ3n) is 21.4. The third-order valence-corrected chi connectivity index (χ3v) is 21.8. The van der Waals surface area contributed by atoms with E-state index in [0.717, 1.165) is 0 Å². The number of H-pyrrole nitrogens is 4. The molecule has 4 aromatic rings. The Morgan fingerprint density at radius 3 is 0.748 bits per heavy atom. The van der Waals surface area contributed by atoms with Gasteiger partial charge < -0.3 is 193 Å². The molecule has 15 amide bonds. The summed E-state index contributed by atoms with van der Waals surface area (Å²) in [5, 5.41) is 129. The minimum Gasteiger partial charge on any atom is -0.480 e. The number of nitrogens with one attached hydrogen (secondary N) is 29. The minimum atomic E-state index is -1.91. The number of nitrogens with two attached hydrogens (primary N) is 8. The van der Waals surface area contributed by atoms with E-state index in [4.69, 9.17) is 72.9 Å². The molecule has 0 radical (unpaired) electrons. The Bertz CT molecular complexity index is 4750. The molecule has 0 aliphatic rings. The fraction of sp³-hybridized carbons (Fsp3) is 0.593. The van der Waals surface area contributed by atoms with Gasteiger partial charge in [-0.1, -0.05) is 0 Å². The average Bonchev–Trinajstić information content (AvgIpc) is 1.72. The van der Waals surface area contributed by atoms with E-state index in [1.54, 1.807) is 0 Å².